The number of hydrogen-bond donors (Lipinski definition) is 3. The molecule has 1 aliphatic heterocycles. The number of ether oxygens (including phenoxy) is 4. The summed E-state index contributed by atoms with van der Waals surface area (Å²) in [4.78, 5) is 44.2. The van der Waals surface area contributed by atoms with Crippen LogP contribution in [0.25, 0.3) is 11.7 Å². The number of carbonyl (C=O) groups is 3. The number of phenolic OH excluding ortho intramolecular Hbond substituents is 2. The summed E-state index contributed by atoms with van der Waals surface area (Å²) in [5, 5.41) is 26.4. The first-order valence-corrected chi connectivity index (χ1v) is 17.1. The van der Waals surface area contributed by atoms with Gasteiger partial charge in [-0.1, -0.05) is 18.2 Å². The van der Waals surface area contributed by atoms with Crippen LogP contribution in [0.4, 0.5) is 0 Å². The molecule has 2 aromatic heterocycles. The molecule has 2 aromatic carbocycles. The number of amides is 1. The average Bonchev–Trinajstić information content (AvgIpc) is 3.52. The van der Waals surface area contributed by atoms with Crippen molar-refractivity contribution in [2.45, 2.75) is 70.3 Å². The van der Waals surface area contributed by atoms with E-state index in [4.69, 9.17) is 18.9 Å². The van der Waals surface area contributed by atoms with Gasteiger partial charge in [-0.05, 0) is 74.1 Å². The molecule has 3 heterocycles. The number of carbonyl (C=O) groups excluding carboxylic acids is 3. The van der Waals surface area contributed by atoms with E-state index < -0.39 is 23.7 Å². The predicted molar refractivity (Wildman–Crippen MR) is 191 cm³/mol. The molecular weight excluding hydrogens is 654 g/mol. The van der Waals surface area contributed by atoms with Crippen LogP contribution >= 0.6 is 0 Å². The molecule has 4 aromatic rings. The molecule has 0 spiro atoms. The van der Waals surface area contributed by atoms with E-state index in [1.54, 1.807) is 31.2 Å². The SMILES string of the molecule is COc1cc(C(CC(=O)NCCc2cn3ccccc3n2)c2c(O)cc3c(c2O)C(=O)O[C@@H](C)CCCC(=O)CCCC=C3)cc(OC)c1OC. The highest BCUT2D eigenvalue weighted by molar-refractivity contribution is 5.98. The smallest absolute Gasteiger partial charge is 0.342 e. The zero-order valence-electron chi connectivity index (χ0n) is 29.4. The van der Waals surface area contributed by atoms with Crippen LogP contribution in [0, 0.1) is 0 Å². The van der Waals surface area contributed by atoms with Crippen LogP contribution < -0.4 is 19.5 Å². The van der Waals surface area contributed by atoms with Crippen LogP contribution in [-0.2, 0) is 20.7 Å². The normalized spacial score (nSPS) is 16.1. The van der Waals surface area contributed by atoms with Gasteiger partial charge in [0.1, 0.15) is 28.5 Å². The van der Waals surface area contributed by atoms with Gasteiger partial charge in [0, 0.05) is 56.1 Å². The third-order valence-corrected chi connectivity index (χ3v) is 9.00. The van der Waals surface area contributed by atoms with Crippen molar-refractivity contribution < 1.29 is 43.5 Å². The highest BCUT2D eigenvalue weighted by atomic mass is 16.5. The minimum atomic E-state index is -0.979. The van der Waals surface area contributed by atoms with Gasteiger partial charge in [0.2, 0.25) is 11.7 Å². The second-order valence-electron chi connectivity index (χ2n) is 12.6. The van der Waals surface area contributed by atoms with Crippen LogP contribution in [0.2, 0.25) is 0 Å². The zero-order chi connectivity index (χ0) is 36.5. The van der Waals surface area contributed by atoms with Crippen LogP contribution in [0.1, 0.15) is 90.5 Å². The van der Waals surface area contributed by atoms with E-state index in [-0.39, 0.29) is 47.1 Å². The van der Waals surface area contributed by atoms with Gasteiger partial charge in [0.05, 0.1) is 33.1 Å². The number of benzene rings is 2. The fourth-order valence-electron chi connectivity index (χ4n) is 6.40. The van der Waals surface area contributed by atoms with E-state index >= 15 is 0 Å². The molecule has 1 amide bonds. The molecule has 0 saturated heterocycles. The van der Waals surface area contributed by atoms with Gasteiger partial charge < -0.3 is 38.9 Å². The predicted octanol–water partition coefficient (Wildman–Crippen LogP) is 6.13. The molecule has 1 unspecified atom stereocenters. The monoisotopic (exact) mass is 699 g/mol. The number of imidazole rings is 1. The summed E-state index contributed by atoms with van der Waals surface area (Å²) in [5.41, 5.74) is 2.12. The average molecular weight is 700 g/mol. The first-order chi connectivity index (χ1) is 24.6. The number of methoxy groups -OCH3 is 3. The Morgan fingerprint density at radius 3 is 2.51 bits per heavy atom. The Morgan fingerprint density at radius 2 is 1.80 bits per heavy atom. The molecular formula is C39H45N3O9. The van der Waals surface area contributed by atoms with E-state index in [0.29, 0.717) is 67.8 Å². The Labute approximate surface area is 297 Å². The number of nitrogens with zero attached hydrogens (tertiary/aromatic N) is 2. The number of pyridine rings is 1. The summed E-state index contributed by atoms with van der Waals surface area (Å²) in [6.07, 6.45) is 10.0. The molecule has 0 aliphatic carbocycles. The molecule has 5 rings (SSSR count). The summed E-state index contributed by atoms with van der Waals surface area (Å²) in [5.74, 6) is -1.89. The van der Waals surface area contributed by atoms with Crippen LogP contribution in [-0.4, -0.2) is 71.2 Å². The number of Topliss-reactive ketones (excluding diaryl/α,β-unsaturated/α-hetero) is 1. The van der Waals surface area contributed by atoms with Crippen molar-refractivity contribution in [2.24, 2.45) is 0 Å². The molecule has 12 nitrogen and oxygen atoms in total. The van der Waals surface area contributed by atoms with Gasteiger partial charge in [0.25, 0.3) is 0 Å². The maximum Gasteiger partial charge on any atom is 0.342 e. The minimum Gasteiger partial charge on any atom is -0.507 e. The number of allylic oxidation sites excluding steroid dienone is 1. The summed E-state index contributed by atoms with van der Waals surface area (Å²) in [6.45, 7) is 2.02. The molecule has 0 saturated carbocycles. The lowest BCUT2D eigenvalue weighted by molar-refractivity contribution is -0.121. The summed E-state index contributed by atoms with van der Waals surface area (Å²) in [7, 11) is 4.39. The molecule has 0 fully saturated rings. The number of cyclic esters (lactones) is 1. The second-order valence-corrected chi connectivity index (χ2v) is 12.6. The number of esters is 1. The van der Waals surface area contributed by atoms with Gasteiger partial charge in [-0.25, -0.2) is 9.78 Å². The topological polar surface area (TPSA) is 158 Å². The van der Waals surface area contributed by atoms with E-state index in [2.05, 4.69) is 10.3 Å². The Hall–Kier alpha value is -5.52. The number of aromatic nitrogens is 2. The number of rotatable bonds is 10. The fourth-order valence-corrected chi connectivity index (χ4v) is 6.40. The van der Waals surface area contributed by atoms with Gasteiger partial charge in [0.15, 0.2) is 11.5 Å². The molecule has 0 radical (unpaired) electrons. The van der Waals surface area contributed by atoms with Crippen molar-refractivity contribution in [1.82, 2.24) is 14.7 Å². The second kappa shape index (κ2) is 16.9. The Morgan fingerprint density at radius 1 is 1.06 bits per heavy atom. The van der Waals surface area contributed by atoms with Crippen molar-refractivity contribution >= 4 is 29.4 Å². The number of ketones is 1. The Kier molecular flexibility index (Phi) is 12.2. The lowest BCUT2D eigenvalue weighted by Crippen LogP contribution is -2.27. The molecule has 12 heteroatoms. The van der Waals surface area contributed by atoms with Gasteiger partial charge >= 0.3 is 5.97 Å². The third-order valence-electron chi connectivity index (χ3n) is 9.00. The molecule has 0 bridgehead atoms. The van der Waals surface area contributed by atoms with Crippen molar-refractivity contribution in [1.29, 1.82) is 0 Å². The first-order valence-electron chi connectivity index (χ1n) is 17.1. The van der Waals surface area contributed by atoms with Crippen LogP contribution in [0.5, 0.6) is 28.7 Å². The van der Waals surface area contributed by atoms with E-state index in [0.717, 1.165) is 11.3 Å². The van der Waals surface area contributed by atoms with Crippen molar-refractivity contribution in [3.8, 4) is 28.7 Å². The molecule has 270 valence electrons. The van der Waals surface area contributed by atoms with Crippen LogP contribution in [0.3, 0.4) is 0 Å². The van der Waals surface area contributed by atoms with E-state index in [1.807, 2.05) is 35.0 Å². The van der Waals surface area contributed by atoms with Gasteiger partial charge in [-0.15, -0.1) is 0 Å². The Bertz CT molecular complexity index is 1860. The lowest BCUT2D eigenvalue weighted by atomic mass is 9.84. The largest absolute Gasteiger partial charge is 0.507 e. The first kappa shape index (κ1) is 36.8. The summed E-state index contributed by atoms with van der Waals surface area (Å²) in [6, 6.07) is 10.4. The summed E-state index contributed by atoms with van der Waals surface area (Å²) >= 11 is 0. The highest BCUT2D eigenvalue weighted by Crippen LogP contribution is 2.47. The zero-order valence-corrected chi connectivity index (χ0v) is 29.4. The number of phenols is 2. The summed E-state index contributed by atoms with van der Waals surface area (Å²) < 4.78 is 24.3. The number of aromatic hydroxyl groups is 2. The molecule has 3 N–H and O–H groups in total. The van der Waals surface area contributed by atoms with Crippen molar-refractivity contribution in [2.75, 3.05) is 27.9 Å². The van der Waals surface area contributed by atoms with E-state index in [9.17, 15) is 24.6 Å². The van der Waals surface area contributed by atoms with Crippen molar-refractivity contribution in [3.63, 3.8) is 0 Å². The number of hydrogen-bond acceptors (Lipinski definition) is 10. The Balaban J connectivity index is 1.54. The lowest BCUT2D eigenvalue weighted by Gasteiger charge is -2.24. The molecule has 1 aliphatic rings. The third kappa shape index (κ3) is 8.80. The maximum atomic E-state index is 13.7. The fraction of sp³-hybridized carbons (Fsp3) is 0.385. The maximum absolute atomic E-state index is 13.7. The number of fused-ring (bicyclic) bond motifs is 2. The standard InChI is InChI=1S/C39H45N3O9/c1-24-11-10-14-28(43)13-7-5-6-12-25-19-30(44)36(37(46)35(25)39(47)51-24)29(26-20-31(48-2)38(50-4)32(21-26)49-3)22-34(45)40-17-16-27-23-42-18-9-8-15-33(42)41-27/h6,8-9,12,15,18-21,23-24,29,44,46H,5,7,10-11,13-14,16-17,22H2,1-4H3,(H,40,45)/t24-,29?/m0/s1. The number of nitrogens with one attached hydrogen (secondary N) is 1. The molecule has 51 heavy (non-hydrogen) atoms. The van der Waals surface area contributed by atoms with Crippen molar-refractivity contribution in [3.05, 3.63) is 82.8 Å². The minimum absolute atomic E-state index is 0.0387. The van der Waals surface area contributed by atoms with E-state index in [1.165, 1.54) is 27.4 Å². The van der Waals surface area contributed by atoms with Gasteiger partial charge in [-0.3, -0.25) is 9.59 Å². The van der Waals surface area contributed by atoms with Crippen LogP contribution in [0.15, 0.2) is 54.9 Å². The highest BCUT2D eigenvalue weighted by Gasteiger charge is 2.32. The molecule has 2 atom stereocenters. The quantitative estimate of drug-likeness (QED) is 0.164. The van der Waals surface area contributed by atoms with Gasteiger partial charge in [-0.2, -0.15) is 0 Å².